The van der Waals surface area contributed by atoms with Crippen LogP contribution in [0.25, 0.3) is 21.8 Å². The van der Waals surface area contributed by atoms with Crippen molar-refractivity contribution in [2.75, 3.05) is 0 Å². The summed E-state index contributed by atoms with van der Waals surface area (Å²) in [6, 6.07) is 16.4. The van der Waals surface area contributed by atoms with Crippen molar-refractivity contribution in [2.24, 2.45) is 0 Å². The van der Waals surface area contributed by atoms with Crippen LogP contribution in [0.5, 0.6) is 0 Å². The van der Waals surface area contributed by atoms with E-state index in [2.05, 4.69) is 51.2 Å². The number of H-pyrrole nitrogens is 1. The standard InChI is InChI=1S/C17H11BrClNO/c18-17-12(7-8-21-17)16(19)10-5-6-15-13(9-10)11-3-1-2-4-14(11)20-15/h1-9,16,20H. The average Bonchev–Trinajstić information content (AvgIpc) is 3.09. The number of para-hydroxylation sites is 1. The molecule has 0 aliphatic heterocycles. The molecule has 0 aliphatic carbocycles. The van der Waals surface area contributed by atoms with E-state index in [4.69, 9.17) is 16.0 Å². The summed E-state index contributed by atoms with van der Waals surface area (Å²) in [6.45, 7) is 0. The molecule has 4 aromatic rings. The lowest BCUT2D eigenvalue weighted by molar-refractivity contribution is 0.537. The van der Waals surface area contributed by atoms with E-state index in [1.165, 1.54) is 10.8 Å². The Hall–Kier alpha value is -1.71. The summed E-state index contributed by atoms with van der Waals surface area (Å²) < 4.78 is 5.96. The monoisotopic (exact) mass is 359 g/mol. The maximum atomic E-state index is 6.60. The third-order valence-corrected chi connectivity index (χ3v) is 4.87. The molecule has 4 heteroatoms. The van der Waals surface area contributed by atoms with E-state index < -0.39 is 0 Å². The van der Waals surface area contributed by atoms with Gasteiger partial charge in [0.1, 0.15) is 0 Å². The maximum absolute atomic E-state index is 6.60. The Morgan fingerprint density at radius 1 is 1.00 bits per heavy atom. The molecule has 0 amide bonds. The Kier molecular flexibility index (Phi) is 3.05. The van der Waals surface area contributed by atoms with Crippen molar-refractivity contribution >= 4 is 49.3 Å². The van der Waals surface area contributed by atoms with Gasteiger partial charge in [-0.3, -0.25) is 0 Å². The van der Waals surface area contributed by atoms with Crippen LogP contribution in [0.3, 0.4) is 0 Å². The fraction of sp³-hybridized carbons (Fsp3) is 0.0588. The van der Waals surface area contributed by atoms with Crippen molar-refractivity contribution in [3.05, 3.63) is 70.6 Å². The predicted octanol–water partition coefficient (Wildman–Crippen LogP) is 6.00. The number of aromatic amines is 1. The molecule has 1 unspecified atom stereocenters. The lowest BCUT2D eigenvalue weighted by Gasteiger charge is -2.08. The van der Waals surface area contributed by atoms with Gasteiger partial charge < -0.3 is 9.40 Å². The fourth-order valence-electron chi connectivity index (χ4n) is 2.69. The molecule has 4 rings (SSSR count). The number of halogens is 2. The highest BCUT2D eigenvalue weighted by Crippen LogP contribution is 2.36. The van der Waals surface area contributed by atoms with E-state index in [1.54, 1.807) is 6.26 Å². The molecular weight excluding hydrogens is 350 g/mol. The minimum atomic E-state index is -0.240. The molecule has 1 N–H and O–H groups in total. The summed E-state index contributed by atoms with van der Waals surface area (Å²) in [5.74, 6) is 0. The zero-order valence-corrected chi connectivity index (χ0v) is 13.3. The Morgan fingerprint density at radius 3 is 2.62 bits per heavy atom. The van der Waals surface area contributed by atoms with Crippen LogP contribution < -0.4 is 0 Å². The largest absolute Gasteiger partial charge is 0.457 e. The van der Waals surface area contributed by atoms with E-state index in [1.807, 2.05) is 18.2 Å². The lowest BCUT2D eigenvalue weighted by Crippen LogP contribution is -1.91. The number of hydrogen-bond donors (Lipinski definition) is 1. The highest BCUT2D eigenvalue weighted by Gasteiger charge is 2.17. The summed E-state index contributed by atoms with van der Waals surface area (Å²) in [5, 5.41) is 2.16. The molecule has 1 atom stereocenters. The van der Waals surface area contributed by atoms with Crippen molar-refractivity contribution in [1.29, 1.82) is 0 Å². The number of furan rings is 1. The van der Waals surface area contributed by atoms with E-state index in [-0.39, 0.29) is 5.38 Å². The first-order valence-corrected chi connectivity index (χ1v) is 7.84. The van der Waals surface area contributed by atoms with Crippen molar-refractivity contribution in [2.45, 2.75) is 5.38 Å². The second-order valence-corrected chi connectivity index (χ2v) is 6.14. The van der Waals surface area contributed by atoms with Gasteiger partial charge in [0, 0.05) is 27.4 Å². The van der Waals surface area contributed by atoms with Crippen LogP contribution in [-0.4, -0.2) is 4.98 Å². The van der Waals surface area contributed by atoms with Gasteiger partial charge in [0.15, 0.2) is 4.67 Å². The van der Waals surface area contributed by atoms with Gasteiger partial charge in [0.2, 0.25) is 0 Å². The molecule has 0 aliphatic rings. The number of hydrogen-bond acceptors (Lipinski definition) is 1. The molecule has 0 fully saturated rings. The highest BCUT2D eigenvalue weighted by molar-refractivity contribution is 9.10. The van der Waals surface area contributed by atoms with Crippen molar-refractivity contribution in [3.63, 3.8) is 0 Å². The Labute approximate surface area is 134 Å². The third kappa shape index (κ3) is 2.08. The van der Waals surface area contributed by atoms with Gasteiger partial charge in [0.05, 0.1) is 11.6 Å². The van der Waals surface area contributed by atoms with Crippen LogP contribution in [0.1, 0.15) is 16.5 Å². The van der Waals surface area contributed by atoms with Crippen LogP contribution in [0, 0.1) is 0 Å². The molecule has 21 heavy (non-hydrogen) atoms. The van der Waals surface area contributed by atoms with Gasteiger partial charge in [0.25, 0.3) is 0 Å². The minimum Gasteiger partial charge on any atom is -0.457 e. The van der Waals surface area contributed by atoms with Gasteiger partial charge >= 0.3 is 0 Å². The topological polar surface area (TPSA) is 28.9 Å². The molecule has 0 radical (unpaired) electrons. The Morgan fingerprint density at radius 2 is 1.81 bits per heavy atom. The molecule has 2 heterocycles. The first kappa shape index (κ1) is 13.0. The summed E-state index contributed by atoms with van der Waals surface area (Å²) >= 11 is 9.99. The number of alkyl halides is 1. The van der Waals surface area contributed by atoms with Gasteiger partial charge in [-0.1, -0.05) is 24.3 Å². The van der Waals surface area contributed by atoms with Gasteiger partial charge in [-0.25, -0.2) is 0 Å². The van der Waals surface area contributed by atoms with Crippen molar-refractivity contribution < 1.29 is 4.42 Å². The van der Waals surface area contributed by atoms with Crippen LogP contribution in [-0.2, 0) is 0 Å². The fourth-order valence-corrected chi connectivity index (χ4v) is 3.60. The molecule has 0 saturated carbocycles. The molecular formula is C17H11BrClNO. The maximum Gasteiger partial charge on any atom is 0.173 e. The quantitative estimate of drug-likeness (QED) is 0.436. The summed E-state index contributed by atoms with van der Waals surface area (Å²) in [7, 11) is 0. The SMILES string of the molecule is ClC(c1ccc2[nH]c3ccccc3c2c1)c1ccoc1Br. The van der Waals surface area contributed by atoms with Crippen molar-refractivity contribution in [3.8, 4) is 0 Å². The minimum absolute atomic E-state index is 0.240. The number of nitrogens with one attached hydrogen (secondary N) is 1. The van der Waals surface area contributed by atoms with Gasteiger partial charge in [-0.15, -0.1) is 11.6 Å². The van der Waals surface area contributed by atoms with E-state index in [0.717, 1.165) is 22.2 Å². The first-order chi connectivity index (χ1) is 10.2. The van der Waals surface area contributed by atoms with Crippen molar-refractivity contribution in [1.82, 2.24) is 4.98 Å². The summed E-state index contributed by atoms with van der Waals surface area (Å²) in [4.78, 5) is 3.42. The second-order valence-electron chi connectivity index (χ2n) is 4.99. The third-order valence-electron chi connectivity index (χ3n) is 3.74. The van der Waals surface area contributed by atoms with Crippen LogP contribution in [0.2, 0.25) is 0 Å². The average molecular weight is 361 g/mol. The number of benzene rings is 2. The zero-order valence-electron chi connectivity index (χ0n) is 10.9. The number of fused-ring (bicyclic) bond motifs is 3. The summed E-state index contributed by atoms with van der Waals surface area (Å²) in [6.07, 6.45) is 1.64. The van der Waals surface area contributed by atoms with Gasteiger partial charge in [-0.2, -0.15) is 0 Å². The molecule has 2 aromatic carbocycles. The van der Waals surface area contributed by atoms with E-state index in [0.29, 0.717) is 4.67 Å². The molecule has 0 saturated heterocycles. The highest BCUT2D eigenvalue weighted by atomic mass is 79.9. The van der Waals surface area contributed by atoms with Crippen LogP contribution in [0.15, 0.2) is 63.9 Å². The molecule has 0 bridgehead atoms. The smallest absolute Gasteiger partial charge is 0.173 e. The van der Waals surface area contributed by atoms with Crippen LogP contribution in [0.4, 0.5) is 0 Å². The Balaban J connectivity index is 1.90. The second kappa shape index (κ2) is 4.93. The molecule has 0 spiro atoms. The molecule has 104 valence electrons. The van der Waals surface area contributed by atoms with E-state index >= 15 is 0 Å². The zero-order chi connectivity index (χ0) is 14.4. The lowest BCUT2D eigenvalue weighted by atomic mass is 10.0. The van der Waals surface area contributed by atoms with E-state index in [9.17, 15) is 0 Å². The molecule has 2 aromatic heterocycles. The first-order valence-electron chi connectivity index (χ1n) is 6.61. The summed E-state index contributed by atoms with van der Waals surface area (Å²) in [5.41, 5.74) is 4.25. The van der Waals surface area contributed by atoms with Gasteiger partial charge in [-0.05, 0) is 45.8 Å². The number of rotatable bonds is 2. The van der Waals surface area contributed by atoms with Crippen LogP contribution >= 0.6 is 27.5 Å². The Bertz CT molecular complexity index is 940. The predicted molar refractivity (Wildman–Crippen MR) is 89.9 cm³/mol. The number of aromatic nitrogens is 1. The normalized spacial score (nSPS) is 13.0. The molecule has 2 nitrogen and oxygen atoms in total.